The number of hydrogen-bond acceptors (Lipinski definition) is 6. The van der Waals surface area contributed by atoms with Gasteiger partial charge in [-0.3, -0.25) is 0 Å². The number of benzene rings is 1. The third kappa shape index (κ3) is 3.42. The van der Waals surface area contributed by atoms with Crippen LogP contribution >= 0.6 is 11.3 Å². The fourth-order valence-corrected chi connectivity index (χ4v) is 5.73. The van der Waals surface area contributed by atoms with Crippen LogP contribution < -0.4 is 4.90 Å². The molecule has 152 valence electrons. The van der Waals surface area contributed by atoms with Gasteiger partial charge >= 0.3 is 0 Å². The third-order valence-electron chi connectivity index (χ3n) is 5.96. The van der Waals surface area contributed by atoms with E-state index in [4.69, 9.17) is 9.72 Å². The first-order chi connectivity index (χ1) is 14.0. The molecule has 5 rings (SSSR count). The summed E-state index contributed by atoms with van der Waals surface area (Å²) in [6, 6.07) is 8.66. The maximum atomic E-state index is 9.54. The fraction of sp³-hybridized carbons (Fsp3) is 0.455. The van der Waals surface area contributed by atoms with Crippen molar-refractivity contribution in [2.45, 2.75) is 39.2 Å². The van der Waals surface area contributed by atoms with E-state index in [0.29, 0.717) is 13.2 Å². The molecule has 0 amide bonds. The zero-order chi connectivity index (χ0) is 20.0. The number of anilines is 1. The number of oxime groups is 1. The Labute approximate surface area is 174 Å². The van der Waals surface area contributed by atoms with E-state index < -0.39 is 0 Å². The molecule has 7 heteroatoms. The van der Waals surface area contributed by atoms with Gasteiger partial charge in [0.05, 0.1) is 35.5 Å². The average Bonchev–Trinajstić information content (AvgIpc) is 3.31. The van der Waals surface area contributed by atoms with E-state index >= 15 is 0 Å². The second-order valence-corrected chi connectivity index (χ2v) is 9.80. The normalized spacial score (nSPS) is 22.9. The molecule has 1 aliphatic heterocycles. The lowest BCUT2D eigenvalue weighted by molar-refractivity contribution is 0.0941. The molecule has 3 aromatic rings. The average molecular weight is 411 g/mol. The number of hydrogen-bond donors (Lipinski definition) is 2. The van der Waals surface area contributed by atoms with Crippen LogP contribution in [0.1, 0.15) is 36.4 Å². The van der Waals surface area contributed by atoms with Crippen molar-refractivity contribution in [3.05, 3.63) is 46.6 Å². The molecule has 1 fully saturated rings. The summed E-state index contributed by atoms with van der Waals surface area (Å²) in [4.78, 5) is 11.8. The van der Waals surface area contributed by atoms with Crippen molar-refractivity contribution in [1.29, 1.82) is 0 Å². The fourth-order valence-electron chi connectivity index (χ4n) is 4.57. The Hall–Kier alpha value is -2.38. The number of fused-ring (bicyclic) bond motifs is 2. The van der Waals surface area contributed by atoms with Gasteiger partial charge in [-0.15, -0.1) is 0 Å². The van der Waals surface area contributed by atoms with E-state index in [1.54, 1.807) is 11.3 Å². The SMILES string of the molecule is CC1(C)C/C(=N/O)c2sc(N3CCOC[C@@H]3Cc3c[nH]c4ccccc34)nc2C1. The van der Waals surface area contributed by atoms with Crippen LogP contribution in [0.25, 0.3) is 10.9 Å². The van der Waals surface area contributed by atoms with Gasteiger partial charge in [0.2, 0.25) is 0 Å². The van der Waals surface area contributed by atoms with Gasteiger partial charge < -0.3 is 19.8 Å². The molecule has 2 aromatic heterocycles. The Bertz CT molecular complexity index is 1070. The molecule has 2 N–H and O–H groups in total. The minimum absolute atomic E-state index is 0.0638. The molecule has 0 radical (unpaired) electrons. The van der Waals surface area contributed by atoms with Crippen molar-refractivity contribution in [2.24, 2.45) is 10.6 Å². The Balaban J connectivity index is 1.46. The highest BCUT2D eigenvalue weighted by atomic mass is 32.1. The summed E-state index contributed by atoms with van der Waals surface area (Å²) in [5.74, 6) is 0. The van der Waals surface area contributed by atoms with Crippen molar-refractivity contribution in [3.63, 3.8) is 0 Å². The Kier molecular flexibility index (Phi) is 4.59. The van der Waals surface area contributed by atoms with Crippen LogP contribution in [-0.4, -0.2) is 46.7 Å². The Morgan fingerprint density at radius 1 is 1.34 bits per heavy atom. The lowest BCUT2D eigenvalue weighted by atomic mass is 9.78. The van der Waals surface area contributed by atoms with Gasteiger partial charge in [0, 0.05) is 23.6 Å². The quantitative estimate of drug-likeness (QED) is 0.501. The van der Waals surface area contributed by atoms with Crippen LogP contribution in [0.3, 0.4) is 0 Å². The van der Waals surface area contributed by atoms with Gasteiger partial charge in [0.1, 0.15) is 0 Å². The van der Waals surface area contributed by atoms with E-state index in [1.165, 1.54) is 16.5 Å². The first kappa shape index (κ1) is 18.6. The molecule has 1 aromatic carbocycles. The maximum absolute atomic E-state index is 9.54. The largest absolute Gasteiger partial charge is 0.411 e. The van der Waals surface area contributed by atoms with Crippen molar-refractivity contribution < 1.29 is 9.94 Å². The molecule has 3 heterocycles. The van der Waals surface area contributed by atoms with Crippen LogP contribution in [0, 0.1) is 5.41 Å². The first-order valence-corrected chi connectivity index (χ1v) is 11.0. The monoisotopic (exact) mass is 410 g/mol. The van der Waals surface area contributed by atoms with Crippen molar-refractivity contribution in [2.75, 3.05) is 24.7 Å². The predicted octanol–water partition coefficient (Wildman–Crippen LogP) is 4.22. The zero-order valence-corrected chi connectivity index (χ0v) is 17.6. The summed E-state index contributed by atoms with van der Waals surface area (Å²) >= 11 is 1.66. The highest BCUT2D eigenvalue weighted by Gasteiger charge is 2.35. The molecule has 6 nitrogen and oxygen atoms in total. The molecule has 29 heavy (non-hydrogen) atoms. The summed E-state index contributed by atoms with van der Waals surface area (Å²) in [5.41, 5.74) is 4.37. The number of aromatic amines is 1. The number of thiazole rings is 1. The first-order valence-electron chi connectivity index (χ1n) is 10.1. The number of morpholine rings is 1. The number of H-pyrrole nitrogens is 1. The lowest BCUT2D eigenvalue weighted by Crippen LogP contribution is -2.46. The minimum Gasteiger partial charge on any atom is -0.411 e. The van der Waals surface area contributed by atoms with Crippen LogP contribution in [0.15, 0.2) is 35.6 Å². The number of nitrogens with one attached hydrogen (secondary N) is 1. The predicted molar refractivity (Wildman–Crippen MR) is 116 cm³/mol. The number of para-hydroxylation sites is 1. The van der Waals surface area contributed by atoms with Gasteiger partial charge in [-0.2, -0.15) is 0 Å². The smallest absolute Gasteiger partial charge is 0.186 e. The summed E-state index contributed by atoms with van der Waals surface area (Å²) < 4.78 is 5.83. The topological polar surface area (TPSA) is 73.7 Å². The highest BCUT2D eigenvalue weighted by Crippen LogP contribution is 2.40. The molecular formula is C22H26N4O2S. The maximum Gasteiger partial charge on any atom is 0.186 e. The van der Waals surface area contributed by atoms with Gasteiger partial charge in [-0.25, -0.2) is 4.98 Å². The molecule has 2 aliphatic rings. The molecule has 1 aliphatic carbocycles. The standard InChI is InChI=1S/C22H26N4O2S/c1-22(2)10-18-20(19(11-22)25-27)29-21(24-18)26-7-8-28-13-15(26)9-14-12-23-17-6-4-3-5-16(14)17/h3-6,12,15,23,27H,7-11,13H2,1-2H3/b25-19-/t15-/m0/s1. The van der Waals surface area contributed by atoms with Crippen LogP contribution in [0.5, 0.6) is 0 Å². The zero-order valence-electron chi connectivity index (χ0n) is 16.8. The van der Waals surface area contributed by atoms with Gasteiger partial charge in [-0.05, 0) is 36.3 Å². The molecule has 0 bridgehead atoms. The lowest BCUT2D eigenvalue weighted by Gasteiger charge is -2.35. The van der Waals surface area contributed by atoms with E-state index in [-0.39, 0.29) is 11.5 Å². The second-order valence-electron chi connectivity index (χ2n) is 8.82. The van der Waals surface area contributed by atoms with E-state index in [0.717, 1.165) is 47.2 Å². The summed E-state index contributed by atoms with van der Waals surface area (Å²) in [6.45, 7) is 6.63. The number of aromatic nitrogens is 2. The number of rotatable bonds is 3. The Morgan fingerprint density at radius 3 is 3.07 bits per heavy atom. The minimum atomic E-state index is 0.0638. The van der Waals surface area contributed by atoms with Crippen LogP contribution in [-0.2, 0) is 17.6 Å². The van der Waals surface area contributed by atoms with E-state index in [9.17, 15) is 5.21 Å². The number of nitrogens with zero attached hydrogens (tertiary/aromatic N) is 3. The summed E-state index contributed by atoms with van der Waals surface area (Å²) in [6.07, 6.45) is 4.71. The summed E-state index contributed by atoms with van der Waals surface area (Å²) in [5, 5.41) is 15.4. The highest BCUT2D eigenvalue weighted by molar-refractivity contribution is 7.17. The van der Waals surface area contributed by atoms with Gasteiger partial charge in [0.15, 0.2) is 5.13 Å². The van der Waals surface area contributed by atoms with Crippen molar-refractivity contribution in [3.8, 4) is 0 Å². The van der Waals surface area contributed by atoms with Crippen LogP contribution in [0.2, 0.25) is 0 Å². The number of ether oxygens (including phenoxy) is 1. The summed E-state index contributed by atoms with van der Waals surface area (Å²) in [7, 11) is 0. The van der Waals surface area contributed by atoms with E-state index in [2.05, 4.69) is 59.3 Å². The van der Waals surface area contributed by atoms with Gasteiger partial charge in [-0.1, -0.05) is 48.5 Å². The third-order valence-corrected chi connectivity index (χ3v) is 7.15. The molecule has 0 unspecified atom stereocenters. The molecular weight excluding hydrogens is 384 g/mol. The molecule has 0 spiro atoms. The van der Waals surface area contributed by atoms with Gasteiger partial charge in [0.25, 0.3) is 0 Å². The Morgan fingerprint density at radius 2 is 2.21 bits per heavy atom. The molecule has 1 atom stereocenters. The van der Waals surface area contributed by atoms with Crippen molar-refractivity contribution in [1.82, 2.24) is 9.97 Å². The van der Waals surface area contributed by atoms with Crippen molar-refractivity contribution >= 4 is 33.1 Å². The second kappa shape index (κ2) is 7.15. The molecule has 0 saturated carbocycles. The van der Waals surface area contributed by atoms with E-state index in [1.807, 2.05) is 0 Å². The van der Waals surface area contributed by atoms with Crippen LogP contribution in [0.4, 0.5) is 5.13 Å². The molecule has 1 saturated heterocycles.